The molecule has 0 aliphatic rings. The molecule has 2 aromatic rings. The molecule has 0 aliphatic heterocycles. The van der Waals surface area contributed by atoms with Crippen molar-refractivity contribution < 1.29 is 0 Å². The van der Waals surface area contributed by atoms with Gasteiger partial charge in [-0.15, -0.1) is 0 Å². The molecule has 1 heterocycles. The number of hydrogen-bond acceptors (Lipinski definition) is 2. The van der Waals surface area contributed by atoms with Crippen molar-refractivity contribution >= 4 is 5.82 Å². The Kier molecular flexibility index (Phi) is 3.47. The average molecular weight is 229 g/mol. The predicted octanol–water partition coefficient (Wildman–Crippen LogP) is 2.90. The van der Waals surface area contributed by atoms with Gasteiger partial charge in [0.05, 0.1) is 0 Å². The fourth-order valence-corrected chi connectivity index (χ4v) is 1.91. The summed E-state index contributed by atoms with van der Waals surface area (Å²) in [6, 6.07) is 10.6. The monoisotopic (exact) mass is 229 g/mol. The van der Waals surface area contributed by atoms with Gasteiger partial charge >= 0.3 is 0 Å². The van der Waals surface area contributed by atoms with Crippen LogP contribution in [0, 0.1) is 6.92 Å². The second-order valence-corrected chi connectivity index (χ2v) is 4.27. The van der Waals surface area contributed by atoms with Crippen molar-refractivity contribution in [3.8, 4) is 0 Å². The molecular weight excluding hydrogens is 210 g/mol. The Labute approximate surface area is 102 Å². The molecule has 3 heteroatoms. The standard InChI is InChI=1S/C14H19N3/c1-4-12-7-5-6-8-13(12)10-15-14-9-11(2)17(3)16-14/h5-9H,4,10H2,1-3H3,(H,15,16). The highest BCUT2D eigenvalue weighted by Crippen LogP contribution is 2.13. The van der Waals surface area contributed by atoms with E-state index in [0.29, 0.717) is 0 Å². The molecular formula is C14H19N3. The Morgan fingerprint density at radius 3 is 2.53 bits per heavy atom. The first-order valence-corrected chi connectivity index (χ1v) is 6.02. The zero-order chi connectivity index (χ0) is 12.3. The Morgan fingerprint density at radius 1 is 1.24 bits per heavy atom. The fourth-order valence-electron chi connectivity index (χ4n) is 1.91. The van der Waals surface area contributed by atoms with Gasteiger partial charge in [-0.2, -0.15) is 5.10 Å². The van der Waals surface area contributed by atoms with Crippen molar-refractivity contribution in [3.63, 3.8) is 0 Å². The van der Waals surface area contributed by atoms with Gasteiger partial charge in [-0.1, -0.05) is 31.2 Å². The smallest absolute Gasteiger partial charge is 0.148 e. The van der Waals surface area contributed by atoms with Crippen LogP contribution in [0.25, 0.3) is 0 Å². The van der Waals surface area contributed by atoms with E-state index >= 15 is 0 Å². The third-order valence-electron chi connectivity index (χ3n) is 3.07. The summed E-state index contributed by atoms with van der Waals surface area (Å²) in [5.74, 6) is 0.941. The predicted molar refractivity (Wildman–Crippen MR) is 71.1 cm³/mol. The second kappa shape index (κ2) is 5.04. The second-order valence-electron chi connectivity index (χ2n) is 4.27. The molecule has 0 spiro atoms. The minimum Gasteiger partial charge on any atom is -0.365 e. The number of hydrogen-bond donors (Lipinski definition) is 1. The molecule has 0 radical (unpaired) electrons. The van der Waals surface area contributed by atoms with Crippen molar-refractivity contribution in [2.24, 2.45) is 7.05 Å². The lowest BCUT2D eigenvalue weighted by atomic mass is 10.1. The number of anilines is 1. The van der Waals surface area contributed by atoms with Crippen LogP contribution in [0.2, 0.25) is 0 Å². The van der Waals surface area contributed by atoms with Gasteiger partial charge in [-0.3, -0.25) is 4.68 Å². The van der Waals surface area contributed by atoms with Crippen molar-refractivity contribution in [1.82, 2.24) is 9.78 Å². The minimum absolute atomic E-state index is 0.834. The summed E-state index contributed by atoms with van der Waals surface area (Å²) in [5.41, 5.74) is 3.90. The summed E-state index contributed by atoms with van der Waals surface area (Å²) in [5, 5.41) is 7.75. The quantitative estimate of drug-likeness (QED) is 0.873. The van der Waals surface area contributed by atoms with Crippen LogP contribution in [0.1, 0.15) is 23.7 Å². The summed E-state index contributed by atoms with van der Waals surface area (Å²) in [7, 11) is 1.96. The molecule has 0 bridgehead atoms. The summed E-state index contributed by atoms with van der Waals surface area (Å²) >= 11 is 0. The zero-order valence-corrected chi connectivity index (χ0v) is 10.7. The number of aryl methyl sites for hydroxylation is 3. The van der Waals surface area contributed by atoms with Gasteiger partial charge in [-0.25, -0.2) is 0 Å². The minimum atomic E-state index is 0.834. The number of nitrogens with one attached hydrogen (secondary N) is 1. The third-order valence-corrected chi connectivity index (χ3v) is 3.07. The number of benzene rings is 1. The molecule has 17 heavy (non-hydrogen) atoms. The van der Waals surface area contributed by atoms with Crippen LogP contribution in [-0.4, -0.2) is 9.78 Å². The van der Waals surface area contributed by atoms with Gasteiger partial charge in [0.1, 0.15) is 5.82 Å². The van der Waals surface area contributed by atoms with Crippen LogP contribution in [0.5, 0.6) is 0 Å². The summed E-state index contributed by atoms with van der Waals surface area (Å²) in [4.78, 5) is 0. The zero-order valence-electron chi connectivity index (χ0n) is 10.7. The lowest BCUT2D eigenvalue weighted by Crippen LogP contribution is -2.03. The van der Waals surface area contributed by atoms with Crippen LogP contribution in [0.15, 0.2) is 30.3 Å². The lowest BCUT2D eigenvalue weighted by molar-refractivity contribution is 0.741. The van der Waals surface area contributed by atoms with Crippen molar-refractivity contribution in [2.75, 3.05) is 5.32 Å². The highest BCUT2D eigenvalue weighted by Gasteiger charge is 2.02. The molecule has 0 unspecified atom stereocenters. The van der Waals surface area contributed by atoms with Gasteiger partial charge in [-0.05, 0) is 24.5 Å². The molecule has 1 aromatic carbocycles. The average Bonchev–Trinajstić information content (AvgIpc) is 2.66. The van der Waals surface area contributed by atoms with Crippen LogP contribution in [0.4, 0.5) is 5.82 Å². The maximum Gasteiger partial charge on any atom is 0.148 e. The largest absolute Gasteiger partial charge is 0.365 e. The Hall–Kier alpha value is -1.77. The van der Waals surface area contributed by atoms with Gasteiger partial charge < -0.3 is 5.32 Å². The molecule has 0 fully saturated rings. The highest BCUT2D eigenvalue weighted by atomic mass is 15.3. The Morgan fingerprint density at radius 2 is 1.94 bits per heavy atom. The summed E-state index contributed by atoms with van der Waals surface area (Å²) in [6.45, 7) is 5.07. The van der Waals surface area contributed by atoms with E-state index in [9.17, 15) is 0 Å². The van der Waals surface area contributed by atoms with Crippen LogP contribution in [-0.2, 0) is 20.0 Å². The molecule has 90 valence electrons. The van der Waals surface area contributed by atoms with Crippen LogP contribution >= 0.6 is 0 Å². The van der Waals surface area contributed by atoms with Crippen molar-refractivity contribution in [3.05, 3.63) is 47.2 Å². The van der Waals surface area contributed by atoms with E-state index < -0.39 is 0 Å². The molecule has 3 nitrogen and oxygen atoms in total. The summed E-state index contributed by atoms with van der Waals surface area (Å²) in [6.07, 6.45) is 1.07. The van der Waals surface area contributed by atoms with Crippen LogP contribution < -0.4 is 5.32 Å². The van der Waals surface area contributed by atoms with E-state index in [1.165, 1.54) is 11.1 Å². The maximum atomic E-state index is 4.39. The molecule has 0 amide bonds. The fraction of sp³-hybridized carbons (Fsp3) is 0.357. The van der Waals surface area contributed by atoms with Crippen LogP contribution in [0.3, 0.4) is 0 Å². The molecule has 0 saturated heterocycles. The summed E-state index contributed by atoms with van der Waals surface area (Å²) < 4.78 is 1.88. The Balaban J connectivity index is 2.07. The van der Waals surface area contributed by atoms with Crippen molar-refractivity contribution in [2.45, 2.75) is 26.8 Å². The Bertz CT molecular complexity index is 480. The maximum absolute atomic E-state index is 4.39. The van der Waals surface area contributed by atoms with E-state index in [4.69, 9.17) is 0 Å². The number of nitrogens with zero attached hydrogens (tertiary/aromatic N) is 2. The first kappa shape index (κ1) is 11.7. The first-order valence-electron chi connectivity index (χ1n) is 6.02. The third kappa shape index (κ3) is 2.67. The number of aromatic nitrogens is 2. The molecule has 1 aromatic heterocycles. The van der Waals surface area contributed by atoms with Gasteiger partial charge in [0.2, 0.25) is 0 Å². The van der Waals surface area contributed by atoms with Gasteiger partial charge in [0.15, 0.2) is 0 Å². The molecule has 0 atom stereocenters. The molecule has 0 saturated carbocycles. The molecule has 2 rings (SSSR count). The van der Waals surface area contributed by atoms with E-state index in [1.807, 2.05) is 11.7 Å². The highest BCUT2D eigenvalue weighted by molar-refractivity contribution is 5.38. The van der Waals surface area contributed by atoms with E-state index in [0.717, 1.165) is 24.5 Å². The molecule has 0 aliphatic carbocycles. The SMILES string of the molecule is CCc1ccccc1CNc1cc(C)n(C)n1. The topological polar surface area (TPSA) is 29.9 Å². The molecule has 1 N–H and O–H groups in total. The van der Waals surface area contributed by atoms with Gasteiger partial charge in [0.25, 0.3) is 0 Å². The van der Waals surface area contributed by atoms with E-state index in [1.54, 1.807) is 0 Å². The lowest BCUT2D eigenvalue weighted by Gasteiger charge is -2.08. The van der Waals surface area contributed by atoms with Gasteiger partial charge in [0, 0.05) is 25.4 Å². The number of rotatable bonds is 4. The first-order chi connectivity index (χ1) is 8.20. The van der Waals surface area contributed by atoms with Crippen molar-refractivity contribution in [1.29, 1.82) is 0 Å². The normalized spacial score (nSPS) is 10.5. The van der Waals surface area contributed by atoms with E-state index in [-0.39, 0.29) is 0 Å². The van der Waals surface area contributed by atoms with E-state index in [2.05, 4.69) is 54.6 Å².